The molecule has 2 N–H and O–H groups in total. The Morgan fingerprint density at radius 3 is 2.84 bits per heavy atom. The summed E-state index contributed by atoms with van der Waals surface area (Å²) in [5, 5.41) is 23.7. The highest BCUT2D eigenvalue weighted by Gasteiger charge is 2.24. The lowest BCUT2D eigenvalue weighted by Gasteiger charge is -2.23. The minimum Gasteiger partial charge on any atom is -0.383 e. The molecule has 3 nitrogen and oxygen atoms in total. The maximum absolute atomic E-state index is 13.7. The Bertz CT molecular complexity index is 602. The monoisotopic (exact) mass is 276 g/mol. The third kappa shape index (κ3) is 3.11. The summed E-state index contributed by atoms with van der Waals surface area (Å²) in [6.07, 6.45) is 0. The van der Waals surface area contributed by atoms with E-state index in [0.717, 1.165) is 4.88 Å². The number of thiophene rings is 1. The van der Waals surface area contributed by atoms with Crippen LogP contribution >= 0.6 is 11.3 Å². The predicted octanol–water partition coefficient (Wildman–Crippen LogP) is 3.08. The van der Waals surface area contributed by atoms with Crippen LogP contribution in [-0.2, 0) is 5.60 Å². The average Bonchev–Trinajstić information content (AvgIpc) is 2.92. The summed E-state index contributed by atoms with van der Waals surface area (Å²) >= 11 is 1.45. The van der Waals surface area contributed by atoms with Gasteiger partial charge in [0.25, 0.3) is 0 Å². The topological polar surface area (TPSA) is 56.0 Å². The summed E-state index contributed by atoms with van der Waals surface area (Å²) in [4.78, 5) is 0.814. The lowest BCUT2D eigenvalue weighted by molar-refractivity contribution is 0.0754. The first kappa shape index (κ1) is 13.5. The Kier molecular flexibility index (Phi) is 3.84. The predicted molar refractivity (Wildman–Crippen MR) is 73.5 cm³/mol. The summed E-state index contributed by atoms with van der Waals surface area (Å²) in [7, 11) is 0. The molecule has 2 rings (SSSR count). The van der Waals surface area contributed by atoms with Gasteiger partial charge >= 0.3 is 0 Å². The third-order valence-electron chi connectivity index (χ3n) is 2.77. The number of benzene rings is 1. The van der Waals surface area contributed by atoms with Crippen LogP contribution in [-0.4, -0.2) is 11.7 Å². The van der Waals surface area contributed by atoms with E-state index in [2.05, 4.69) is 5.32 Å². The van der Waals surface area contributed by atoms with Gasteiger partial charge in [0, 0.05) is 11.4 Å². The summed E-state index contributed by atoms with van der Waals surface area (Å²) in [6, 6.07) is 9.77. The zero-order valence-electron chi connectivity index (χ0n) is 10.4. The number of nitriles is 1. The second kappa shape index (κ2) is 5.39. The molecule has 2 aromatic rings. The molecule has 0 saturated carbocycles. The van der Waals surface area contributed by atoms with Crippen LogP contribution in [0.2, 0.25) is 0 Å². The van der Waals surface area contributed by atoms with Crippen molar-refractivity contribution >= 4 is 17.0 Å². The minimum absolute atomic E-state index is 0.191. The molecule has 0 aliphatic carbocycles. The molecular formula is C14H13FN2OS. The zero-order chi connectivity index (χ0) is 13.9. The van der Waals surface area contributed by atoms with Crippen LogP contribution < -0.4 is 5.32 Å². The summed E-state index contributed by atoms with van der Waals surface area (Å²) < 4.78 is 13.7. The Morgan fingerprint density at radius 2 is 2.26 bits per heavy atom. The van der Waals surface area contributed by atoms with E-state index in [1.54, 1.807) is 6.92 Å². The lowest BCUT2D eigenvalue weighted by atomic mass is 10.1. The van der Waals surface area contributed by atoms with E-state index in [1.807, 2.05) is 23.6 Å². The number of anilines is 1. The SMILES string of the molecule is CC(O)(CNc1ccc(C#N)cc1F)c1cccs1. The number of rotatable bonds is 4. The van der Waals surface area contributed by atoms with Crippen molar-refractivity contribution in [3.63, 3.8) is 0 Å². The highest BCUT2D eigenvalue weighted by molar-refractivity contribution is 7.10. The smallest absolute Gasteiger partial charge is 0.147 e. The lowest BCUT2D eigenvalue weighted by Crippen LogP contribution is -2.29. The average molecular weight is 276 g/mol. The van der Waals surface area contributed by atoms with Crippen LogP contribution in [0, 0.1) is 17.1 Å². The zero-order valence-corrected chi connectivity index (χ0v) is 11.2. The van der Waals surface area contributed by atoms with Crippen LogP contribution in [0.4, 0.5) is 10.1 Å². The van der Waals surface area contributed by atoms with E-state index in [9.17, 15) is 9.50 Å². The number of aliphatic hydroxyl groups is 1. The van der Waals surface area contributed by atoms with Gasteiger partial charge in [0.15, 0.2) is 0 Å². The largest absolute Gasteiger partial charge is 0.383 e. The fourth-order valence-electron chi connectivity index (χ4n) is 1.67. The fourth-order valence-corrected chi connectivity index (χ4v) is 2.45. The highest BCUT2D eigenvalue weighted by atomic mass is 32.1. The van der Waals surface area contributed by atoms with E-state index in [1.165, 1.54) is 29.5 Å². The summed E-state index contributed by atoms with van der Waals surface area (Å²) in [5.74, 6) is -0.499. The fraction of sp³-hybridized carbons (Fsp3) is 0.214. The van der Waals surface area contributed by atoms with Crippen LogP contribution in [0.1, 0.15) is 17.4 Å². The molecule has 0 fully saturated rings. The van der Waals surface area contributed by atoms with Crippen molar-refractivity contribution in [3.8, 4) is 6.07 Å². The van der Waals surface area contributed by atoms with Gasteiger partial charge in [0.2, 0.25) is 0 Å². The van der Waals surface area contributed by atoms with Crippen LogP contribution in [0.25, 0.3) is 0 Å². The molecule has 1 unspecified atom stereocenters. The number of hydrogen-bond donors (Lipinski definition) is 2. The molecule has 1 heterocycles. The second-order valence-electron chi connectivity index (χ2n) is 4.41. The summed E-state index contributed by atoms with van der Waals surface area (Å²) in [5.41, 5.74) is -0.516. The molecular weight excluding hydrogens is 263 g/mol. The molecule has 1 aromatic carbocycles. The van der Waals surface area contributed by atoms with Gasteiger partial charge in [-0.2, -0.15) is 5.26 Å². The van der Waals surface area contributed by atoms with Gasteiger partial charge in [0.1, 0.15) is 11.4 Å². The first-order chi connectivity index (χ1) is 9.03. The molecule has 0 bridgehead atoms. The van der Waals surface area contributed by atoms with Crippen molar-refractivity contribution in [1.82, 2.24) is 0 Å². The van der Waals surface area contributed by atoms with Crippen molar-refractivity contribution in [2.24, 2.45) is 0 Å². The Morgan fingerprint density at radius 1 is 1.47 bits per heavy atom. The molecule has 0 spiro atoms. The van der Waals surface area contributed by atoms with E-state index < -0.39 is 11.4 Å². The standard InChI is InChI=1S/C14H13FN2OS/c1-14(18,13-3-2-6-19-13)9-17-12-5-4-10(8-16)7-11(12)15/h2-7,17-18H,9H2,1H3. The van der Waals surface area contributed by atoms with Gasteiger partial charge < -0.3 is 10.4 Å². The molecule has 0 aliphatic heterocycles. The van der Waals surface area contributed by atoms with Crippen molar-refractivity contribution < 1.29 is 9.50 Å². The normalized spacial score (nSPS) is 13.6. The van der Waals surface area contributed by atoms with E-state index >= 15 is 0 Å². The molecule has 0 saturated heterocycles. The first-order valence-electron chi connectivity index (χ1n) is 5.73. The van der Waals surface area contributed by atoms with E-state index in [4.69, 9.17) is 5.26 Å². The molecule has 1 atom stereocenters. The maximum atomic E-state index is 13.7. The maximum Gasteiger partial charge on any atom is 0.147 e. The molecule has 5 heteroatoms. The third-order valence-corrected chi connectivity index (χ3v) is 3.90. The van der Waals surface area contributed by atoms with E-state index in [0.29, 0.717) is 0 Å². The van der Waals surface area contributed by atoms with Crippen molar-refractivity contribution in [2.75, 3.05) is 11.9 Å². The van der Waals surface area contributed by atoms with Crippen molar-refractivity contribution in [2.45, 2.75) is 12.5 Å². The molecule has 98 valence electrons. The number of halogens is 1. The summed E-state index contributed by atoms with van der Waals surface area (Å²) in [6.45, 7) is 1.86. The molecule has 1 aromatic heterocycles. The molecule has 0 radical (unpaired) electrons. The Hall–Kier alpha value is -1.90. The number of nitrogens with zero attached hydrogens (tertiary/aromatic N) is 1. The van der Waals surface area contributed by atoms with Gasteiger partial charge in [0.05, 0.1) is 17.3 Å². The quantitative estimate of drug-likeness (QED) is 0.902. The van der Waals surface area contributed by atoms with Crippen LogP contribution in [0.15, 0.2) is 35.7 Å². The second-order valence-corrected chi connectivity index (χ2v) is 5.36. The van der Waals surface area contributed by atoms with Crippen LogP contribution in [0.5, 0.6) is 0 Å². The van der Waals surface area contributed by atoms with Gasteiger partial charge in [-0.05, 0) is 36.6 Å². The van der Waals surface area contributed by atoms with E-state index in [-0.39, 0.29) is 17.8 Å². The first-order valence-corrected chi connectivity index (χ1v) is 6.61. The molecule has 0 amide bonds. The van der Waals surface area contributed by atoms with Crippen molar-refractivity contribution in [3.05, 3.63) is 52.0 Å². The van der Waals surface area contributed by atoms with Gasteiger partial charge in [-0.3, -0.25) is 0 Å². The highest BCUT2D eigenvalue weighted by Crippen LogP contribution is 2.26. The Balaban J connectivity index is 2.09. The van der Waals surface area contributed by atoms with Crippen molar-refractivity contribution in [1.29, 1.82) is 5.26 Å². The molecule has 19 heavy (non-hydrogen) atoms. The number of hydrogen-bond acceptors (Lipinski definition) is 4. The van der Waals surface area contributed by atoms with Gasteiger partial charge in [-0.15, -0.1) is 11.3 Å². The van der Waals surface area contributed by atoms with Gasteiger partial charge in [-0.1, -0.05) is 6.07 Å². The Labute approximate surface area is 114 Å². The van der Waals surface area contributed by atoms with Gasteiger partial charge in [-0.25, -0.2) is 4.39 Å². The number of nitrogens with one attached hydrogen (secondary N) is 1. The minimum atomic E-state index is -1.06. The van der Waals surface area contributed by atoms with Crippen LogP contribution in [0.3, 0.4) is 0 Å². The molecule has 0 aliphatic rings.